The van der Waals surface area contributed by atoms with Gasteiger partial charge in [-0.05, 0) is 37.8 Å². The molecule has 1 aromatic carbocycles. The molecule has 2 aliphatic rings. The molecule has 108 valence electrons. The van der Waals surface area contributed by atoms with Crippen molar-refractivity contribution in [1.82, 2.24) is 4.90 Å². The van der Waals surface area contributed by atoms with Gasteiger partial charge in [0.2, 0.25) is 0 Å². The quantitative estimate of drug-likeness (QED) is 0.868. The Labute approximate surface area is 124 Å². The average molecular weight is 294 g/mol. The molecule has 2 bridgehead atoms. The monoisotopic (exact) mass is 293 g/mol. The lowest BCUT2D eigenvalue weighted by Crippen LogP contribution is -2.45. The second-order valence-electron chi connectivity index (χ2n) is 5.93. The zero-order chi connectivity index (χ0) is 14.1. The van der Waals surface area contributed by atoms with Crippen LogP contribution in [0.3, 0.4) is 0 Å². The SMILES string of the molecule is O=C(CCN1C2CCC1CC(O)C2)c1cccc(Cl)c1. The molecular weight excluding hydrogens is 274 g/mol. The van der Waals surface area contributed by atoms with E-state index in [0.717, 1.165) is 32.2 Å². The molecule has 0 aliphatic carbocycles. The number of fused-ring (bicyclic) bond motifs is 2. The summed E-state index contributed by atoms with van der Waals surface area (Å²) in [4.78, 5) is 14.6. The van der Waals surface area contributed by atoms with Gasteiger partial charge in [0.25, 0.3) is 0 Å². The summed E-state index contributed by atoms with van der Waals surface area (Å²) in [6.45, 7) is 0.799. The van der Waals surface area contributed by atoms with Crippen LogP contribution in [0, 0.1) is 0 Å². The van der Waals surface area contributed by atoms with E-state index in [1.807, 2.05) is 12.1 Å². The van der Waals surface area contributed by atoms with Crippen molar-refractivity contribution in [2.24, 2.45) is 0 Å². The average Bonchev–Trinajstić information content (AvgIpc) is 2.66. The van der Waals surface area contributed by atoms with Crippen LogP contribution < -0.4 is 0 Å². The number of rotatable bonds is 4. The molecule has 4 heteroatoms. The maximum atomic E-state index is 12.2. The molecule has 2 heterocycles. The Balaban J connectivity index is 1.59. The second kappa shape index (κ2) is 5.84. The van der Waals surface area contributed by atoms with Crippen molar-refractivity contribution in [3.05, 3.63) is 34.9 Å². The fourth-order valence-electron chi connectivity index (χ4n) is 3.65. The lowest BCUT2D eigenvalue weighted by Gasteiger charge is -2.37. The smallest absolute Gasteiger partial charge is 0.164 e. The predicted molar refractivity (Wildman–Crippen MR) is 79.2 cm³/mol. The van der Waals surface area contributed by atoms with Crippen LogP contribution in [0.1, 0.15) is 42.5 Å². The molecule has 2 fully saturated rings. The molecule has 3 rings (SSSR count). The number of aliphatic hydroxyl groups excluding tert-OH is 1. The maximum absolute atomic E-state index is 12.2. The van der Waals surface area contributed by atoms with Crippen molar-refractivity contribution in [3.63, 3.8) is 0 Å². The number of carbonyl (C=O) groups excluding carboxylic acids is 1. The highest BCUT2D eigenvalue weighted by molar-refractivity contribution is 6.31. The van der Waals surface area contributed by atoms with Gasteiger partial charge < -0.3 is 5.11 Å². The Bertz CT molecular complexity index is 491. The lowest BCUT2D eigenvalue weighted by molar-refractivity contribution is 0.0349. The summed E-state index contributed by atoms with van der Waals surface area (Å²) < 4.78 is 0. The van der Waals surface area contributed by atoms with Gasteiger partial charge in [0.1, 0.15) is 0 Å². The molecule has 2 atom stereocenters. The molecule has 3 nitrogen and oxygen atoms in total. The highest BCUT2D eigenvalue weighted by Gasteiger charge is 2.39. The largest absolute Gasteiger partial charge is 0.393 e. The molecule has 0 radical (unpaired) electrons. The van der Waals surface area contributed by atoms with Gasteiger partial charge in [-0.1, -0.05) is 23.7 Å². The van der Waals surface area contributed by atoms with Gasteiger partial charge in [-0.25, -0.2) is 0 Å². The van der Waals surface area contributed by atoms with Crippen molar-refractivity contribution in [2.45, 2.75) is 50.3 Å². The first-order valence-electron chi connectivity index (χ1n) is 7.36. The molecule has 0 aromatic heterocycles. The second-order valence-corrected chi connectivity index (χ2v) is 6.37. The van der Waals surface area contributed by atoms with Crippen LogP contribution in [0.2, 0.25) is 5.02 Å². The number of aliphatic hydroxyl groups is 1. The van der Waals surface area contributed by atoms with E-state index in [2.05, 4.69) is 4.90 Å². The van der Waals surface area contributed by atoms with Gasteiger partial charge in [-0.2, -0.15) is 0 Å². The highest BCUT2D eigenvalue weighted by Crippen LogP contribution is 2.35. The normalized spacial score (nSPS) is 29.6. The van der Waals surface area contributed by atoms with E-state index in [4.69, 9.17) is 11.6 Å². The van der Waals surface area contributed by atoms with Crippen LogP contribution >= 0.6 is 11.6 Å². The van der Waals surface area contributed by atoms with E-state index in [-0.39, 0.29) is 11.9 Å². The lowest BCUT2D eigenvalue weighted by atomic mass is 9.99. The summed E-state index contributed by atoms with van der Waals surface area (Å²) in [7, 11) is 0. The third-order valence-corrected chi connectivity index (χ3v) is 4.84. The van der Waals surface area contributed by atoms with Crippen LogP contribution in [-0.4, -0.2) is 40.5 Å². The number of piperidine rings is 1. The minimum atomic E-state index is -0.146. The van der Waals surface area contributed by atoms with Crippen molar-refractivity contribution in [1.29, 1.82) is 0 Å². The van der Waals surface area contributed by atoms with Crippen molar-refractivity contribution < 1.29 is 9.90 Å². The zero-order valence-electron chi connectivity index (χ0n) is 11.5. The minimum absolute atomic E-state index is 0.146. The third-order valence-electron chi connectivity index (χ3n) is 4.60. The van der Waals surface area contributed by atoms with Crippen LogP contribution in [0.4, 0.5) is 0 Å². The topological polar surface area (TPSA) is 40.5 Å². The van der Waals surface area contributed by atoms with Crippen molar-refractivity contribution >= 4 is 17.4 Å². The molecule has 1 N–H and O–H groups in total. The number of hydrogen-bond donors (Lipinski definition) is 1. The van der Waals surface area contributed by atoms with Gasteiger partial charge in [0, 0.05) is 35.6 Å². The van der Waals surface area contributed by atoms with Crippen molar-refractivity contribution in [2.75, 3.05) is 6.54 Å². The first-order valence-corrected chi connectivity index (χ1v) is 7.74. The van der Waals surface area contributed by atoms with Crippen LogP contribution in [0.25, 0.3) is 0 Å². The molecule has 1 aromatic rings. The molecule has 20 heavy (non-hydrogen) atoms. The third kappa shape index (κ3) is 2.90. The number of hydrogen-bond acceptors (Lipinski definition) is 3. The zero-order valence-corrected chi connectivity index (χ0v) is 12.2. The molecule has 0 spiro atoms. The van der Waals surface area contributed by atoms with E-state index in [9.17, 15) is 9.90 Å². The van der Waals surface area contributed by atoms with E-state index in [1.54, 1.807) is 12.1 Å². The number of benzene rings is 1. The Morgan fingerprint density at radius 2 is 2.00 bits per heavy atom. The molecular formula is C16H20ClNO2. The highest BCUT2D eigenvalue weighted by atomic mass is 35.5. The number of nitrogens with zero attached hydrogens (tertiary/aromatic N) is 1. The summed E-state index contributed by atoms with van der Waals surface area (Å²) in [5.74, 6) is 0.151. The van der Waals surface area contributed by atoms with Crippen LogP contribution in [0.15, 0.2) is 24.3 Å². The van der Waals surface area contributed by atoms with Gasteiger partial charge in [0.15, 0.2) is 5.78 Å². The van der Waals surface area contributed by atoms with Crippen molar-refractivity contribution in [3.8, 4) is 0 Å². The Hall–Kier alpha value is -0.900. The van der Waals surface area contributed by atoms with Crippen LogP contribution in [0.5, 0.6) is 0 Å². The van der Waals surface area contributed by atoms with Gasteiger partial charge in [0.05, 0.1) is 6.10 Å². The number of halogens is 1. The maximum Gasteiger partial charge on any atom is 0.164 e. The Kier molecular flexibility index (Phi) is 4.11. The fourth-order valence-corrected chi connectivity index (χ4v) is 3.84. The minimum Gasteiger partial charge on any atom is -0.393 e. The summed E-state index contributed by atoms with van der Waals surface area (Å²) >= 11 is 5.92. The molecule has 0 amide bonds. The standard InChI is InChI=1S/C16H20ClNO2/c17-12-3-1-2-11(8-12)16(20)6-7-18-13-4-5-14(18)10-15(19)9-13/h1-3,8,13-15,19H,4-7,9-10H2. The van der Waals surface area contributed by atoms with E-state index < -0.39 is 0 Å². The predicted octanol–water partition coefficient (Wildman–Crippen LogP) is 2.90. The molecule has 2 unspecified atom stereocenters. The first-order chi connectivity index (χ1) is 9.63. The Morgan fingerprint density at radius 3 is 2.65 bits per heavy atom. The molecule has 0 saturated carbocycles. The summed E-state index contributed by atoms with van der Waals surface area (Å²) in [5.41, 5.74) is 0.696. The number of ketones is 1. The fraction of sp³-hybridized carbons (Fsp3) is 0.562. The van der Waals surface area contributed by atoms with E-state index >= 15 is 0 Å². The summed E-state index contributed by atoms with van der Waals surface area (Å²) in [6.07, 6.45) is 4.43. The first kappa shape index (κ1) is 14.1. The van der Waals surface area contributed by atoms with Gasteiger partial charge in [-0.3, -0.25) is 9.69 Å². The van der Waals surface area contributed by atoms with Gasteiger partial charge >= 0.3 is 0 Å². The number of Topliss-reactive ketones (excluding diaryl/α,β-unsaturated/α-hetero) is 1. The Morgan fingerprint density at radius 1 is 1.30 bits per heavy atom. The van der Waals surface area contributed by atoms with Crippen LogP contribution in [-0.2, 0) is 0 Å². The molecule has 2 saturated heterocycles. The van der Waals surface area contributed by atoms with Gasteiger partial charge in [-0.15, -0.1) is 0 Å². The summed E-state index contributed by atoms with van der Waals surface area (Å²) in [6, 6.07) is 8.09. The van der Waals surface area contributed by atoms with E-state index in [0.29, 0.717) is 29.1 Å². The van der Waals surface area contributed by atoms with E-state index in [1.165, 1.54) is 0 Å². The number of carbonyl (C=O) groups is 1. The summed E-state index contributed by atoms with van der Waals surface area (Å²) in [5, 5.41) is 10.4. The molecule has 2 aliphatic heterocycles.